The fraction of sp³-hybridized carbons (Fsp3) is 0.0370. The Morgan fingerprint density at radius 2 is 0.810 bits per heavy atom. The maximum atomic E-state index is 5.11. The lowest BCUT2D eigenvalue weighted by Crippen LogP contribution is -1.98. The number of hydrogen-bond donors (Lipinski definition) is 0. The van der Waals surface area contributed by atoms with E-state index in [1.165, 1.54) is 49.3 Å². The second-order valence-corrected chi connectivity index (χ2v) is 14.8. The van der Waals surface area contributed by atoms with Gasteiger partial charge in [0.05, 0.1) is 22.4 Å². The van der Waals surface area contributed by atoms with Gasteiger partial charge in [0.25, 0.3) is 0 Å². The number of fused-ring (bicyclic) bond motifs is 6. The van der Waals surface area contributed by atoms with Gasteiger partial charge in [-0.1, -0.05) is 157 Å². The molecule has 0 spiro atoms. The molecule has 11 aromatic rings. The van der Waals surface area contributed by atoms with Crippen LogP contribution in [0, 0.1) is 6.92 Å². The van der Waals surface area contributed by atoms with Gasteiger partial charge in [-0.15, -0.1) is 0 Å². The number of hydrogen-bond acceptors (Lipinski definition) is 2. The molecule has 8 aromatic carbocycles. The third-order valence-electron chi connectivity index (χ3n) is 11.1. The Morgan fingerprint density at radius 3 is 1.41 bits per heavy atom. The van der Waals surface area contributed by atoms with E-state index in [0.29, 0.717) is 5.82 Å². The summed E-state index contributed by atoms with van der Waals surface area (Å²) in [6.45, 7) is 2.08. The van der Waals surface area contributed by atoms with Gasteiger partial charge >= 0.3 is 0 Å². The van der Waals surface area contributed by atoms with E-state index < -0.39 is 0 Å². The molecule has 3 aromatic heterocycles. The van der Waals surface area contributed by atoms with Crippen molar-refractivity contribution in [1.82, 2.24) is 19.1 Å². The van der Waals surface area contributed by atoms with Crippen molar-refractivity contribution < 1.29 is 0 Å². The number of para-hydroxylation sites is 2. The van der Waals surface area contributed by atoms with E-state index in [1.54, 1.807) is 0 Å². The van der Waals surface area contributed by atoms with E-state index in [9.17, 15) is 0 Å². The average Bonchev–Trinajstić information content (AvgIpc) is 3.78. The van der Waals surface area contributed by atoms with Crippen LogP contribution < -0.4 is 0 Å². The van der Waals surface area contributed by atoms with Crippen molar-refractivity contribution in [3.63, 3.8) is 0 Å². The zero-order valence-corrected chi connectivity index (χ0v) is 32.4. The predicted molar refractivity (Wildman–Crippen MR) is 243 cm³/mol. The van der Waals surface area contributed by atoms with Gasteiger partial charge < -0.3 is 9.13 Å². The number of aryl methyl sites for hydroxylation is 2. The molecule has 4 heteroatoms. The topological polar surface area (TPSA) is 35.6 Å². The second kappa shape index (κ2) is 14.8. The average molecular weight is 745 g/mol. The Hall–Kier alpha value is -7.56. The highest BCUT2D eigenvalue weighted by Crippen LogP contribution is 2.38. The molecule has 0 aliphatic carbocycles. The lowest BCUT2D eigenvalue weighted by Gasteiger charge is -2.12. The van der Waals surface area contributed by atoms with Crippen molar-refractivity contribution in [2.24, 2.45) is 7.05 Å². The van der Waals surface area contributed by atoms with E-state index in [0.717, 1.165) is 44.8 Å². The van der Waals surface area contributed by atoms with Crippen LogP contribution in [0.4, 0.5) is 0 Å². The molecule has 0 unspecified atom stereocenters. The molecule has 58 heavy (non-hydrogen) atoms. The summed E-state index contributed by atoms with van der Waals surface area (Å²) < 4.78 is 4.65. The molecule has 4 nitrogen and oxygen atoms in total. The van der Waals surface area contributed by atoms with E-state index in [1.807, 2.05) is 30.3 Å². The van der Waals surface area contributed by atoms with Crippen LogP contribution in [-0.4, -0.2) is 19.1 Å². The largest absolute Gasteiger partial charge is 0.344 e. The minimum absolute atomic E-state index is 0.698. The first kappa shape index (κ1) is 34.9. The molecule has 276 valence electrons. The van der Waals surface area contributed by atoms with Gasteiger partial charge in [0, 0.05) is 62.0 Å². The molecule has 0 radical (unpaired) electrons. The SMILES string of the molecule is Cc1ccccc1.Cn1c2ccccc2c2cc(-c3ccc4c(c3)c3ccccc3n4-c3cccc(-c4nc(-c5ccccc5)cc(-c5ccccc5)n4)c3)ccc21. The lowest BCUT2D eigenvalue weighted by molar-refractivity contribution is 1.01. The number of benzene rings is 8. The third kappa shape index (κ3) is 6.41. The summed E-state index contributed by atoms with van der Waals surface area (Å²) in [6, 6.07) is 72.7. The van der Waals surface area contributed by atoms with E-state index in [4.69, 9.17) is 9.97 Å². The van der Waals surface area contributed by atoms with Crippen molar-refractivity contribution >= 4 is 43.6 Å². The Bertz CT molecular complexity index is 3170. The Kier molecular flexibility index (Phi) is 8.92. The van der Waals surface area contributed by atoms with Crippen LogP contribution in [0.15, 0.2) is 206 Å². The van der Waals surface area contributed by atoms with Gasteiger partial charge in [0.15, 0.2) is 5.82 Å². The summed E-state index contributed by atoms with van der Waals surface area (Å²) in [4.78, 5) is 10.2. The van der Waals surface area contributed by atoms with Crippen molar-refractivity contribution in [1.29, 1.82) is 0 Å². The van der Waals surface area contributed by atoms with Gasteiger partial charge in [-0.05, 0) is 72.6 Å². The molecule has 0 aliphatic heterocycles. The highest BCUT2D eigenvalue weighted by molar-refractivity contribution is 6.12. The summed E-state index contributed by atoms with van der Waals surface area (Å²) in [5, 5.41) is 5.00. The molecular formula is C54H40N4. The summed E-state index contributed by atoms with van der Waals surface area (Å²) >= 11 is 0. The van der Waals surface area contributed by atoms with Crippen molar-refractivity contribution in [3.8, 4) is 50.7 Å². The molecule has 0 saturated carbocycles. The normalized spacial score (nSPS) is 11.3. The van der Waals surface area contributed by atoms with Crippen LogP contribution in [0.5, 0.6) is 0 Å². The summed E-state index contributed by atoms with van der Waals surface area (Å²) in [5.41, 5.74) is 14.5. The molecule has 0 fully saturated rings. The molecular weight excluding hydrogens is 705 g/mol. The molecule has 3 heterocycles. The fourth-order valence-corrected chi connectivity index (χ4v) is 8.19. The molecule has 0 saturated heterocycles. The van der Waals surface area contributed by atoms with Crippen molar-refractivity contribution in [2.45, 2.75) is 6.92 Å². The number of aromatic nitrogens is 4. The molecule has 0 amide bonds. The lowest BCUT2D eigenvalue weighted by atomic mass is 10.0. The highest BCUT2D eigenvalue weighted by Gasteiger charge is 2.16. The molecule has 0 atom stereocenters. The Morgan fingerprint density at radius 1 is 0.345 bits per heavy atom. The van der Waals surface area contributed by atoms with E-state index in [2.05, 4.69) is 199 Å². The fourth-order valence-electron chi connectivity index (χ4n) is 8.19. The van der Waals surface area contributed by atoms with Gasteiger partial charge in [0.1, 0.15) is 0 Å². The maximum absolute atomic E-state index is 5.11. The monoisotopic (exact) mass is 744 g/mol. The number of rotatable bonds is 5. The highest BCUT2D eigenvalue weighted by atomic mass is 15.0. The minimum atomic E-state index is 0.698. The molecule has 11 rings (SSSR count). The van der Waals surface area contributed by atoms with Crippen LogP contribution in [-0.2, 0) is 7.05 Å². The number of nitrogens with zero attached hydrogens (tertiary/aromatic N) is 4. The van der Waals surface area contributed by atoms with Gasteiger partial charge in [-0.25, -0.2) is 9.97 Å². The van der Waals surface area contributed by atoms with Gasteiger partial charge in [-0.3, -0.25) is 0 Å². The smallest absolute Gasteiger partial charge is 0.160 e. The molecule has 0 N–H and O–H groups in total. The molecule has 0 bridgehead atoms. The van der Waals surface area contributed by atoms with E-state index in [-0.39, 0.29) is 0 Å². The zero-order chi connectivity index (χ0) is 39.0. The van der Waals surface area contributed by atoms with Crippen LogP contribution in [0.25, 0.3) is 94.3 Å². The standard InChI is InChI=1S/C47H32N4.C7H8/c1-50-43-21-10-8-19-37(43)39-28-33(23-25-44(39)50)34-24-26-46-40(29-34)38-20-9-11-22-45(38)51(46)36-18-12-17-35(27-36)47-48-41(31-13-4-2-5-14-31)30-42(49-47)32-15-6-3-7-16-32;1-7-5-3-2-4-6-7/h2-30H,1H3;2-6H,1H3. The summed E-state index contributed by atoms with van der Waals surface area (Å²) in [7, 11) is 2.15. The van der Waals surface area contributed by atoms with Crippen LogP contribution in [0.2, 0.25) is 0 Å². The first-order valence-electron chi connectivity index (χ1n) is 19.7. The van der Waals surface area contributed by atoms with E-state index >= 15 is 0 Å². The van der Waals surface area contributed by atoms with Gasteiger partial charge in [-0.2, -0.15) is 0 Å². The quantitative estimate of drug-likeness (QED) is 0.176. The van der Waals surface area contributed by atoms with Crippen molar-refractivity contribution in [3.05, 3.63) is 212 Å². The van der Waals surface area contributed by atoms with Gasteiger partial charge in [0.2, 0.25) is 0 Å². The summed E-state index contributed by atoms with van der Waals surface area (Å²) in [6.07, 6.45) is 0. The summed E-state index contributed by atoms with van der Waals surface area (Å²) in [5.74, 6) is 0.698. The van der Waals surface area contributed by atoms with Crippen LogP contribution in [0.3, 0.4) is 0 Å². The Labute approximate surface area is 338 Å². The van der Waals surface area contributed by atoms with Crippen LogP contribution in [0.1, 0.15) is 5.56 Å². The second-order valence-electron chi connectivity index (χ2n) is 14.8. The van der Waals surface area contributed by atoms with Crippen LogP contribution >= 0.6 is 0 Å². The maximum Gasteiger partial charge on any atom is 0.160 e. The zero-order valence-electron chi connectivity index (χ0n) is 32.4. The first-order valence-corrected chi connectivity index (χ1v) is 19.7. The Balaban J connectivity index is 0.000000530. The minimum Gasteiger partial charge on any atom is -0.344 e. The third-order valence-corrected chi connectivity index (χ3v) is 11.1. The first-order chi connectivity index (χ1) is 28.6. The van der Waals surface area contributed by atoms with Crippen molar-refractivity contribution in [2.75, 3.05) is 0 Å². The molecule has 0 aliphatic rings. The predicted octanol–water partition coefficient (Wildman–Crippen LogP) is 13.9.